The molecule has 0 bridgehead atoms. The van der Waals surface area contributed by atoms with Crippen molar-refractivity contribution in [3.8, 4) is 0 Å². The lowest BCUT2D eigenvalue weighted by Crippen LogP contribution is -2.28. The minimum absolute atomic E-state index is 0.313. The van der Waals surface area contributed by atoms with Crippen LogP contribution in [0.4, 0.5) is 0 Å². The molecular formula is C24H21N2O+. The Morgan fingerprint density at radius 3 is 2.56 bits per heavy atom. The standard InChI is InChI=1S/C24H21N2O/c1-13(2)24-23-20-18(27-24)11-12-25(4)22(20)19-14(3)9-10-16-15-7-5-6-8-17(15)26(23)21(16)19/h5-13H,1-4H3/q+1. The summed E-state index contributed by atoms with van der Waals surface area (Å²) in [7, 11) is 2.14. The lowest BCUT2D eigenvalue weighted by molar-refractivity contribution is -0.643. The van der Waals surface area contributed by atoms with E-state index in [1.165, 1.54) is 49.2 Å². The molecule has 0 fully saturated rings. The number of hydrogen-bond acceptors (Lipinski definition) is 1. The first-order valence-electron chi connectivity index (χ1n) is 9.56. The molecule has 0 radical (unpaired) electrons. The molecule has 6 aromatic rings. The van der Waals surface area contributed by atoms with E-state index in [4.69, 9.17) is 4.42 Å². The van der Waals surface area contributed by atoms with Gasteiger partial charge < -0.3 is 8.82 Å². The van der Waals surface area contributed by atoms with Gasteiger partial charge in [0.25, 0.3) is 0 Å². The van der Waals surface area contributed by atoms with E-state index in [0.717, 1.165) is 11.3 Å². The van der Waals surface area contributed by atoms with Crippen LogP contribution in [0.3, 0.4) is 0 Å². The van der Waals surface area contributed by atoms with E-state index < -0.39 is 0 Å². The van der Waals surface area contributed by atoms with Gasteiger partial charge in [0.05, 0.1) is 16.4 Å². The Balaban J connectivity index is 2.14. The molecular weight excluding hydrogens is 332 g/mol. The fourth-order valence-electron chi connectivity index (χ4n) is 4.84. The third-order valence-corrected chi connectivity index (χ3v) is 6.01. The summed E-state index contributed by atoms with van der Waals surface area (Å²) >= 11 is 0. The van der Waals surface area contributed by atoms with Crippen LogP contribution in [0.5, 0.6) is 0 Å². The van der Waals surface area contributed by atoms with Gasteiger partial charge in [0.1, 0.15) is 29.3 Å². The molecule has 2 aromatic carbocycles. The average Bonchev–Trinajstić information content (AvgIpc) is 3.20. The fourth-order valence-corrected chi connectivity index (χ4v) is 4.84. The highest BCUT2D eigenvalue weighted by atomic mass is 16.3. The number of pyridine rings is 2. The molecule has 0 aliphatic carbocycles. The van der Waals surface area contributed by atoms with Gasteiger partial charge in [-0.05, 0) is 18.6 Å². The van der Waals surface area contributed by atoms with Crippen molar-refractivity contribution >= 4 is 49.2 Å². The Bertz CT molecular complexity index is 1510. The van der Waals surface area contributed by atoms with Crippen LogP contribution in [0.2, 0.25) is 0 Å². The van der Waals surface area contributed by atoms with Gasteiger partial charge in [0, 0.05) is 22.8 Å². The van der Waals surface area contributed by atoms with E-state index in [9.17, 15) is 0 Å². The minimum Gasteiger partial charge on any atom is -0.458 e. The number of benzene rings is 2. The summed E-state index contributed by atoms with van der Waals surface area (Å²) in [6.07, 6.45) is 2.12. The topological polar surface area (TPSA) is 21.4 Å². The number of hydrogen-bond donors (Lipinski definition) is 0. The van der Waals surface area contributed by atoms with E-state index in [-0.39, 0.29) is 0 Å². The number of aromatic nitrogens is 2. The zero-order valence-corrected chi connectivity index (χ0v) is 16.0. The van der Waals surface area contributed by atoms with Gasteiger partial charge in [-0.2, -0.15) is 0 Å². The molecule has 0 unspecified atom stereocenters. The van der Waals surface area contributed by atoms with Crippen molar-refractivity contribution < 1.29 is 8.98 Å². The number of para-hydroxylation sites is 1. The van der Waals surface area contributed by atoms with Crippen LogP contribution in [0.1, 0.15) is 31.1 Å². The third kappa shape index (κ3) is 1.65. The fraction of sp³-hybridized carbons (Fsp3) is 0.208. The van der Waals surface area contributed by atoms with Crippen LogP contribution in [0.25, 0.3) is 49.2 Å². The monoisotopic (exact) mass is 353 g/mol. The second kappa shape index (κ2) is 4.80. The summed E-state index contributed by atoms with van der Waals surface area (Å²) in [5, 5.41) is 5.16. The molecule has 0 aliphatic rings. The number of nitrogens with zero attached hydrogens (tertiary/aromatic N) is 2. The summed E-state index contributed by atoms with van der Waals surface area (Å²) in [6, 6.07) is 15.3. The molecule has 0 N–H and O–H groups in total. The van der Waals surface area contributed by atoms with Gasteiger partial charge in [0.2, 0.25) is 5.52 Å². The summed E-state index contributed by atoms with van der Waals surface area (Å²) in [5.74, 6) is 1.38. The SMILES string of the molecule is Cc1ccc2c3ccccc3n3c4c(C(C)C)oc5cc[n+](C)c(c1c23)c54. The van der Waals surface area contributed by atoms with Crippen molar-refractivity contribution in [3.63, 3.8) is 0 Å². The van der Waals surface area contributed by atoms with Gasteiger partial charge in [-0.1, -0.05) is 44.2 Å². The maximum Gasteiger partial charge on any atom is 0.228 e. The molecule has 0 spiro atoms. The van der Waals surface area contributed by atoms with Crippen molar-refractivity contribution in [2.75, 3.05) is 0 Å². The summed E-state index contributed by atoms with van der Waals surface area (Å²) in [4.78, 5) is 0. The van der Waals surface area contributed by atoms with Gasteiger partial charge in [0.15, 0.2) is 6.20 Å². The normalized spacial score (nSPS) is 12.8. The van der Waals surface area contributed by atoms with Crippen molar-refractivity contribution in [2.24, 2.45) is 7.05 Å². The molecule has 4 heterocycles. The number of fused-ring (bicyclic) bond motifs is 5. The van der Waals surface area contributed by atoms with E-state index in [1.807, 2.05) is 0 Å². The van der Waals surface area contributed by atoms with Crippen LogP contribution < -0.4 is 4.57 Å². The van der Waals surface area contributed by atoms with E-state index >= 15 is 0 Å². The predicted octanol–water partition coefficient (Wildman–Crippen LogP) is 5.84. The highest BCUT2D eigenvalue weighted by molar-refractivity contribution is 6.25. The molecule has 3 heteroatoms. The number of furan rings is 1. The lowest BCUT2D eigenvalue weighted by atomic mass is 10.0. The van der Waals surface area contributed by atoms with Gasteiger partial charge in [-0.15, -0.1) is 0 Å². The smallest absolute Gasteiger partial charge is 0.228 e. The van der Waals surface area contributed by atoms with Gasteiger partial charge in [-0.3, -0.25) is 0 Å². The lowest BCUT2D eigenvalue weighted by Gasteiger charge is -2.10. The van der Waals surface area contributed by atoms with Crippen LogP contribution in [-0.4, -0.2) is 4.40 Å². The second-order valence-electron chi connectivity index (χ2n) is 7.99. The molecule has 0 amide bonds. The van der Waals surface area contributed by atoms with E-state index in [2.05, 4.69) is 85.4 Å². The Labute approximate surface area is 156 Å². The summed E-state index contributed by atoms with van der Waals surface area (Å²) in [6.45, 7) is 6.63. The Hall–Kier alpha value is -3.07. The molecule has 0 atom stereocenters. The molecule has 0 saturated heterocycles. The largest absolute Gasteiger partial charge is 0.458 e. The first-order chi connectivity index (χ1) is 13.1. The van der Waals surface area contributed by atoms with Crippen LogP contribution in [0.15, 0.2) is 53.1 Å². The van der Waals surface area contributed by atoms with Crippen molar-refractivity contribution in [3.05, 3.63) is 60.0 Å². The molecule has 0 aliphatic heterocycles. The zero-order valence-electron chi connectivity index (χ0n) is 16.0. The number of aryl methyl sites for hydroxylation is 2. The van der Waals surface area contributed by atoms with Crippen molar-refractivity contribution in [1.82, 2.24) is 4.40 Å². The predicted molar refractivity (Wildman–Crippen MR) is 111 cm³/mol. The molecule has 6 rings (SSSR count). The molecule has 132 valence electrons. The first-order valence-corrected chi connectivity index (χ1v) is 9.56. The summed E-state index contributed by atoms with van der Waals surface area (Å²) < 4.78 is 11.1. The van der Waals surface area contributed by atoms with Crippen LogP contribution >= 0.6 is 0 Å². The minimum atomic E-state index is 0.313. The first kappa shape index (κ1) is 15.0. The van der Waals surface area contributed by atoms with E-state index in [1.54, 1.807) is 0 Å². The highest BCUT2D eigenvalue weighted by Crippen LogP contribution is 2.43. The van der Waals surface area contributed by atoms with Gasteiger partial charge >= 0.3 is 0 Å². The highest BCUT2D eigenvalue weighted by Gasteiger charge is 2.28. The Morgan fingerprint density at radius 1 is 0.926 bits per heavy atom. The maximum absolute atomic E-state index is 6.41. The molecule has 0 saturated carbocycles. The average molecular weight is 353 g/mol. The Kier molecular flexibility index (Phi) is 2.67. The number of rotatable bonds is 1. The summed E-state index contributed by atoms with van der Waals surface area (Å²) in [5.41, 5.74) is 7.30. The zero-order chi connectivity index (χ0) is 18.4. The molecule has 27 heavy (non-hydrogen) atoms. The quantitative estimate of drug-likeness (QED) is 0.269. The van der Waals surface area contributed by atoms with Crippen LogP contribution in [0, 0.1) is 6.92 Å². The molecule has 3 nitrogen and oxygen atoms in total. The van der Waals surface area contributed by atoms with E-state index in [0.29, 0.717) is 5.92 Å². The van der Waals surface area contributed by atoms with Crippen LogP contribution in [-0.2, 0) is 7.05 Å². The third-order valence-electron chi connectivity index (χ3n) is 6.01. The van der Waals surface area contributed by atoms with Crippen molar-refractivity contribution in [2.45, 2.75) is 26.7 Å². The van der Waals surface area contributed by atoms with Gasteiger partial charge in [-0.25, -0.2) is 4.57 Å². The maximum atomic E-state index is 6.41. The molecule has 4 aromatic heterocycles. The second-order valence-corrected chi connectivity index (χ2v) is 7.99. The van der Waals surface area contributed by atoms with Crippen molar-refractivity contribution in [1.29, 1.82) is 0 Å². The Morgan fingerprint density at radius 2 is 1.74 bits per heavy atom.